The molecule has 0 saturated carbocycles. The molecule has 3 aromatic rings. The number of hydrogen-bond acceptors (Lipinski definition) is 6. The summed E-state index contributed by atoms with van der Waals surface area (Å²) in [5.41, 5.74) is 1.71. The molecule has 1 atom stereocenters. The molecule has 180 valence electrons. The Morgan fingerprint density at radius 1 is 1.06 bits per heavy atom. The second-order valence-corrected chi connectivity index (χ2v) is 8.24. The van der Waals surface area contributed by atoms with Crippen molar-refractivity contribution in [3.8, 4) is 11.5 Å². The number of pyridine rings is 1. The van der Waals surface area contributed by atoms with Crippen LogP contribution in [0, 0.1) is 6.92 Å². The molecule has 0 radical (unpaired) electrons. The standard InChI is InChI=1S/C27H25ClN2O5/c1-4-34-17-12-13-18(22(15-17)35-5-2)25(31)23-24(20-10-6-7-14-29-20)30(27(33)26(23)32)21-11-8-9-19(28)16(21)3/h6-15,24,31H,4-5H2,1-3H3/b25-23+. The number of hydrogen-bond donors (Lipinski definition) is 1. The topological polar surface area (TPSA) is 89.0 Å². The van der Waals surface area contributed by atoms with Gasteiger partial charge in [0, 0.05) is 23.0 Å². The van der Waals surface area contributed by atoms with Gasteiger partial charge in [0.25, 0.3) is 11.7 Å². The number of benzene rings is 2. The molecular formula is C27H25ClN2O5. The van der Waals surface area contributed by atoms with Crippen LogP contribution in [0.4, 0.5) is 5.69 Å². The van der Waals surface area contributed by atoms with E-state index in [0.717, 1.165) is 0 Å². The Labute approximate surface area is 208 Å². The Kier molecular flexibility index (Phi) is 7.07. The quantitative estimate of drug-likeness (QED) is 0.267. The number of carbonyl (C=O) groups excluding carboxylic acids is 2. The smallest absolute Gasteiger partial charge is 0.300 e. The third-order valence-corrected chi connectivity index (χ3v) is 6.14. The third-order valence-electron chi connectivity index (χ3n) is 5.73. The van der Waals surface area contributed by atoms with Gasteiger partial charge in [0.1, 0.15) is 23.3 Å². The first-order chi connectivity index (χ1) is 16.9. The van der Waals surface area contributed by atoms with Crippen LogP contribution in [0.5, 0.6) is 11.5 Å². The first kappa shape index (κ1) is 24.3. The fourth-order valence-electron chi connectivity index (χ4n) is 4.13. The summed E-state index contributed by atoms with van der Waals surface area (Å²) in [4.78, 5) is 32.5. The lowest BCUT2D eigenvalue weighted by Gasteiger charge is -2.26. The number of aromatic nitrogens is 1. The highest BCUT2D eigenvalue weighted by atomic mass is 35.5. The van der Waals surface area contributed by atoms with Gasteiger partial charge in [-0.05, 0) is 62.7 Å². The van der Waals surface area contributed by atoms with Crippen LogP contribution in [0.3, 0.4) is 0 Å². The summed E-state index contributed by atoms with van der Waals surface area (Å²) in [6.07, 6.45) is 1.57. The normalized spacial score (nSPS) is 17.0. The van der Waals surface area contributed by atoms with E-state index in [-0.39, 0.29) is 16.9 Å². The number of carbonyl (C=O) groups is 2. The lowest BCUT2D eigenvalue weighted by Crippen LogP contribution is -2.30. The number of ketones is 1. The van der Waals surface area contributed by atoms with Gasteiger partial charge in [0.2, 0.25) is 0 Å². The molecule has 4 rings (SSSR count). The average Bonchev–Trinajstić information content (AvgIpc) is 3.12. The van der Waals surface area contributed by atoms with E-state index < -0.39 is 17.7 Å². The Morgan fingerprint density at radius 2 is 1.83 bits per heavy atom. The van der Waals surface area contributed by atoms with Crippen LogP contribution < -0.4 is 14.4 Å². The average molecular weight is 493 g/mol. The molecule has 1 amide bonds. The van der Waals surface area contributed by atoms with Crippen molar-refractivity contribution in [1.29, 1.82) is 0 Å². The van der Waals surface area contributed by atoms with Gasteiger partial charge in [-0.15, -0.1) is 0 Å². The van der Waals surface area contributed by atoms with E-state index >= 15 is 0 Å². The molecule has 8 heteroatoms. The van der Waals surface area contributed by atoms with E-state index in [0.29, 0.717) is 46.7 Å². The number of ether oxygens (including phenoxy) is 2. The highest BCUT2D eigenvalue weighted by Gasteiger charge is 2.48. The number of Topliss-reactive ketones (excluding diaryl/α,β-unsaturated/α-hetero) is 1. The predicted octanol–water partition coefficient (Wildman–Crippen LogP) is 5.47. The Bertz CT molecular complexity index is 1310. The van der Waals surface area contributed by atoms with E-state index in [1.807, 2.05) is 13.8 Å². The fourth-order valence-corrected chi connectivity index (χ4v) is 4.30. The van der Waals surface area contributed by atoms with Crippen molar-refractivity contribution in [1.82, 2.24) is 4.98 Å². The second-order valence-electron chi connectivity index (χ2n) is 7.83. The van der Waals surface area contributed by atoms with Crippen LogP contribution in [0.25, 0.3) is 5.76 Å². The molecule has 1 saturated heterocycles. The second kappa shape index (κ2) is 10.2. The van der Waals surface area contributed by atoms with E-state index in [2.05, 4.69) is 4.98 Å². The van der Waals surface area contributed by atoms with Crippen molar-refractivity contribution in [2.45, 2.75) is 26.8 Å². The van der Waals surface area contributed by atoms with Crippen molar-refractivity contribution in [2.75, 3.05) is 18.1 Å². The minimum absolute atomic E-state index is 0.0850. The lowest BCUT2D eigenvalue weighted by atomic mass is 9.97. The molecule has 2 aromatic carbocycles. The molecule has 1 fully saturated rings. The van der Waals surface area contributed by atoms with Crippen molar-refractivity contribution in [2.24, 2.45) is 0 Å². The SMILES string of the molecule is CCOc1ccc(/C(O)=C2\C(=O)C(=O)N(c3cccc(Cl)c3C)C2c2ccccn2)c(OCC)c1. The Morgan fingerprint density at radius 3 is 2.51 bits per heavy atom. The maximum atomic E-state index is 13.4. The first-order valence-electron chi connectivity index (χ1n) is 11.3. The third kappa shape index (κ3) is 4.47. The minimum atomic E-state index is -0.964. The van der Waals surface area contributed by atoms with Crippen LogP contribution in [0.15, 0.2) is 66.4 Å². The molecule has 0 spiro atoms. The number of aliphatic hydroxyl groups is 1. The maximum Gasteiger partial charge on any atom is 0.300 e. The highest BCUT2D eigenvalue weighted by Crippen LogP contribution is 2.44. The van der Waals surface area contributed by atoms with Gasteiger partial charge < -0.3 is 14.6 Å². The van der Waals surface area contributed by atoms with Crippen LogP contribution in [0.2, 0.25) is 5.02 Å². The Balaban J connectivity index is 1.96. The molecule has 1 aliphatic rings. The molecular weight excluding hydrogens is 468 g/mol. The molecule has 1 aliphatic heterocycles. The molecule has 1 unspecified atom stereocenters. The Hall–Kier alpha value is -3.84. The highest BCUT2D eigenvalue weighted by molar-refractivity contribution is 6.52. The molecule has 35 heavy (non-hydrogen) atoms. The monoisotopic (exact) mass is 492 g/mol. The summed E-state index contributed by atoms with van der Waals surface area (Å²) in [5, 5.41) is 11.9. The summed E-state index contributed by atoms with van der Waals surface area (Å²) in [5.74, 6) is -1.07. The zero-order valence-electron chi connectivity index (χ0n) is 19.6. The van der Waals surface area contributed by atoms with Gasteiger partial charge in [-0.25, -0.2) is 0 Å². The summed E-state index contributed by atoms with van der Waals surface area (Å²) in [6.45, 7) is 6.23. The van der Waals surface area contributed by atoms with Crippen molar-refractivity contribution in [3.63, 3.8) is 0 Å². The number of halogens is 1. The predicted molar refractivity (Wildman–Crippen MR) is 134 cm³/mol. The van der Waals surface area contributed by atoms with Gasteiger partial charge in [0.05, 0.1) is 30.0 Å². The van der Waals surface area contributed by atoms with E-state index in [1.54, 1.807) is 67.7 Å². The summed E-state index contributed by atoms with van der Waals surface area (Å²) in [6, 6.07) is 14.3. The van der Waals surface area contributed by atoms with Gasteiger partial charge in [-0.3, -0.25) is 19.5 Å². The maximum absolute atomic E-state index is 13.4. The molecule has 0 bridgehead atoms. The fraction of sp³-hybridized carbons (Fsp3) is 0.222. The van der Waals surface area contributed by atoms with Gasteiger partial charge in [-0.2, -0.15) is 0 Å². The van der Waals surface area contributed by atoms with Gasteiger partial charge in [-0.1, -0.05) is 23.7 Å². The summed E-state index contributed by atoms with van der Waals surface area (Å²) >= 11 is 6.33. The van der Waals surface area contributed by atoms with E-state index in [4.69, 9.17) is 21.1 Å². The molecule has 1 aromatic heterocycles. The van der Waals surface area contributed by atoms with E-state index in [1.165, 1.54) is 4.90 Å². The zero-order chi connectivity index (χ0) is 25.1. The summed E-state index contributed by atoms with van der Waals surface area (Å²) in [7, 11) is 0. The summed E-state index contributed by atoms with van der Waals surface area (Å²) < 4.78 is 11.3. The first-order valence-corrected chi connectivity index (χ1v) is 11.6. The van der Waals surface area contributed by atoms with Crippen molar-refractivity contribution < 1.29 is 24.2 Å². The van der Waals surface area contributed by atoms with Gasteiger partial charge in [0.15, 0.2) is 0 Å². The molecule has 0 aliphatic carbocycles. The number of anilines is 1. The van der Waals surface area contributed by atoms with E-state index in [9.17, 15) is 14.7 Å². The molecule has 1 N–H and O–H groups in total. The van der Waals surface area contributed by atoms with Crippen molar-refractivity contribution >= 4 is 34.7 Å². The number of rotatable bonds is 7. The van der Waals surface area contributed by atoms with Gasteiger partial charge >= 0.3 is 0 Å². The lowest BCUT2D eigenvalue weighted by molar-refractivity contribution is -0.132. The molecule has 7 nitrogen and oxygen atoms in total. The largest absolute Gasteiger partial charge is 0.507 e. The number of nitrogens with zero attached hydrogens (tertiary/aromatic N) is 2. The van der Waals surface area contributed by atoms with Crippen LogP contribution >= 0.6 is 11.6 Å². The van der Waals surface area contributed by atoms with Crippen LogP contribution in [0.1, 0.15) is 36.7 Å². The number of amides is 1. The molecule has 2 heterocycles. The van der Waals surface area contributed by atoms with Crippen LogP contribution in [-0.4, -0.2) is 35.0 Å². The zero-order valence-corrected chi connectivity index (χ0v) is 20.4. The van der Waals surface area contributed by atoms with Crippen LogP contribution in [-0.2, 0) is 9.59 Å². The van der Waals surface area contributed by atoms with Crippen molar-refractivity contribution in [3.05, 3.63) is 88.2 Å². The number of aliphatic hydroxyl groups excluding tert-OH is 1. The minimum Gasteiger partial charge on any atom is -0.507 e.